The van der Waals surface area contributed by atoms with Crippen LogP contribution in [0.5, 0.6) is 0 Å². The number of rotatable bonds is 2. The Balaban J connectivity index is 2.10. The molecule has 80 valence electrons. The second-order valence-corrected chi connectivity index (χ2v) is 5.07. The lowest BCUT2D eigenvalue weighted by atomic mass is 10.1. The third kappa shape index (κ3) is 1.55. The predicted octanol–water partition coefficient (Wildman–Crippen LogP) is 4.46. The number of nitrogens with one attached hydrogen (secondary N) is 1. The monoisotopic (exact) mass is 227 g/mol. The summed E-state index contributed by atoms with van der Waals surface area (Å²) >= 11 is 1.88. The highest BCUT2D eigenvalue weighted by Crippen LogP contribution is 2.30. The molecule has 0 aliphatic heterocycles. The summed E-state index contributed by atoms with van der Waals surface area (Å²) in [5, 5.41) is 1.27. The number of aromatic nitrogens is 1. The number of hydrogen-bond acceptors (Lipinski definition) is 1. The van der Waals surface area contributed by atoms with E-state index in [0.717, 1.165) is 6.42 Å². The van der Waals surface area contributed by atoms with Crippen LogP contribution in [0.15, 0.2) is 42.6 Å². The zero-order chi connectivity index (χ0) is 11.0. The van der Waals surface area contributed by atoms with Gasteiger partial charge in [0.25, 0.3) is 0 Å². The first-order chi connectivity index (χ1) is 7.86. The highest BCUT2D eigenvalue weighted by atomic mass is 32.1. The Hall–Kier alpha value is -1.54. The summed E-state index contributed by atoms with van der Waals surface area (Å²) < 4.78 is 0. The van der Waals surface area contributed by atoms with Gasteiger partial charge in [-0.15, -0.1) is 11.3 Å². The van der Waals surface area contributed by atoms with Gasteiger partial charge in [0.05, 0.1) is 0 Å². The lowest BCUT2D eigenvalue weighted by Crippen LogP contribution is -1.72. The van der Waals surface area contributed by atoms with Crippen molar-refractivity contribution < 1.29 is 0 Å². The van der Waals surface area contributed by atoms with Crippen molar-refractivity contribution in [2.75, 3.05) is 0 Å². The molecule has 1 aromatic carbocycles. The quantitative estimate of drug-likeness (QED) is 0.665. The molecule has 2 heteroatoms. The molecule has 0 saturated carbocycles. The normalized spacial score (nSPS) is 11.1. The van der Waals surface area contributed by atoms with Gasteiger partial charge in [-0.2, -0.15) is 0 Å². The molecule has 0 radical (unpaired) electrons. The van der Waals surface area contributed by atoms with Crippen LogP contribution in [-0.4, -0.2) is 4.98 Å². The SMILES string of the molecule is CCc1ccc(-c2ccc3cc[nH]c3c2)s1. The topological polar surface area (TPSA) is 15.8 Å². The number of fused-ring (bicyclic) bond motifs is 1. The van der Waals surface area contributed by atoms with Gasteiger partial charge in [0.2, 0.25) is 0 Å². The van der Waals surface area contributed by atoms with Crippen molar-refractivity contribution in [3.05, 3.63) is 47.5 Å². The molecule has 0 amide bonds. The summed E-state index contributed by atoms with van der Waals surface area (Å²) in [6, 6.07) is 13.1. The molecule has 0 saturated heterocycles. The van der Waals surface area contributed by atoms with Crippen molar-refractivity contribution in [3.63, 3.8) is 0 Å². The summed E-state index contributed by atoms with van der Waals surface area (Å²) in [5.41, 5.74) is 2.52. The van der Waals surface area contributed by atoms with E-state index in [0.29, 0.717) is 0 Å². The largest absolute Gasteiger partial charge is 0.361 e. The highest BCUT2D eigenvalue weighted by molar-refractivity contribution is 7.15. The third-order valence-electron chi connectivity index (χ3n) is 2.85. The average Bonchev–Trinajstić information content (AvgIpc) is 2.96. The van der Waals surface area contributed by atoms with E-state index in [1.165, 1.54) is 26.2 Å². The van der Waals surface area contributed by atoms with Crippen LogP contribution in [-0.2, 0) is 6.42 Å². The minimum atomic E-state index is 1.12. The van der Waals surface area contributed by atoms with Crippen LogP contribution in [0.25, 0.3) is 21.3 Å². The van der Waals surface area contributed by atoms with Crippen LogP contribution in [0.2, 0.25) is 0 Å². The van der Waals surface area contributed by atoms with Crippen molar-refractivity contribution in [1.29, 1.82) is 0 Å². The molecule has 1 N–H and O–H groups in total. The fourth-order valence-corrected chi connectivity index (χ4v) is 2.87. The van der Waals surface area contributed by atoms with Crippen LogP contribution in [0, 0.1) is 0 Å². The van der Waals surface area contributed by atoms with Gasteiger partial charge in [-0.3, -0.25) is 0 Å². The van der Waals surface area contributed by atoms with E-state index >= 15 is 0 Å². The Kier molecular flexibility index (Phi) is 2.29. The van der Waals surface area contributed by atoms with Gasteiger partial charge < -0.3 is 4.98 Å². The molecule has 1 nitrogen and oxygen atoms in total. The summed E-state index contributed by atoms with van der Waals surface area (Å²) in [6.07, 6.45) is 3.11. The van der Waals surface area contributed by atoms with Gasteiger partial charge in [0.1, 0.15) is 0 Å². The number of hydrogen-bond donors (Lipinski definition) is 1. The van der Waals surface area contributed by atoms with Crippen LogP contribution in [0.1, 0.15) is 11.8 Å². The Bertz CT molecular complexity index is 618. The molecular weight excluding hydrogens is 214 g/mol. The maximum Gasteiger partial charge on any atom is 0.0460 e. The zero-order valence-electron chi connectivity index (χ0n) is 9.16. The van der Waals surface area contributed by atoms with Crippen LogP contribution in [0.3, 0.4) is 0 Å². The predicted molar refractivity (Wildman–Crippen MR) is 71.0 cm³/mol. The molecule has 0 unspecified atom stereocenters. The van der Waals surface area contributed by atoms with Crippen molar-refractivity contribution in [2.45, 2.75) is 13.3 Å². The first-order valence-electron chi connectivity index (χ1n) is 5.53. The molecule has 0 aliphatic carbocycles. The standard InChI is InChI=1S/C14H13NS/c1-2-12-5-6-14(16-12)11-4-3-10-7-8-15-13(10)9-11/h3-9,15H,2H2,1H3. The number of aromatic amines is 1. The average molecular weight is 227 g/mol. The minimum absolute atomic E-state index is 1.12. The van der Waals surface area contributed by atoms with Gasteiger partial charge in [0, 0.05) is 21.5 Å². The molecule has 0 spiro atoms. The molecule has 3 aromatic rings. The summed E-state index contributed by atoms with van der Waals surface area (Å²) in [4.78, 5) is 6.06. The van der Waals surface area contributed by atoms with Crippen LogP contribution < -0.4 is 0 Å². The number of H-pyrrole nitrogens is 1. The Morgan fingerprint density at radius 3 is 2.88 bits per heavy atom. The first-order valence-corrected chi connectivity index (χ1v) is 6.34. The molecular formula is C14H13NS. The van der Waals surface area contributed by atoms with Crippen LogP contribution in [0.4, 0.5) is 0 Å². The van der Waals surface area contributed by atoms with Crippen molar-refractivity contribution >= 4 is 22.2 Å². The lowest BCUT2D eigenvalue weighted by molar-refractivity contribution is 1.19. The second kappa shape index (κ2) is 3.80. The maximum absolute atomic E-state index is 3.26. The summed E-state index contributed by atoms with van der Waals surface area (Å²) in [5.74, 6) is 0. The van der Waals surface area contributed by atoms with E-state index in [-0.39, 0.29) is 0 Å². The Morgan fingerprint density at radius 1 is 1.12 bits per heavy atom. The van der Waals surface area contributed by atoms with Crippen molar-refractivity contribution in [3.8, 4) is 10.4 Å². The number of benzene rings is 1. The van der Waals surface area contributed by atoms with Gasteiger partial charge in [0.15, 0.2) is 0 Å². The van der Waals surface area contributed by atoms with E-state index < -0.39 is 0 Å². The fourth-order valence-electron chi connectivity index (χ4n) is 1.92. The molecule has 3 rings (SSSR count). The minimum Gasteiger partial charge on any atom is -0.361 e. The van der Waals surface area contributed by atoms with Crippen molar-refractivity contribution in [2.24, 2.45) is 0 Å². The van der Waals surface area contributed by atoms with Gasteiger partial charge >= 0.3 is 0 Å². The van der Waals surface area contributed by atoms with Crippen LogP contribution >= 0.6 is 11.3 Å². The maximum atomic E-state index is 3.26. The Labute approximate surface area is 98.7 Å². The van der Waals surface area contributed by atoms with E-state index in [4.69, 9.17) is 0 Å². The first kappa shape index (κ1) is 9.67. The van der Waals surface area contributed by atoms with Gasteiger partial charge in [-0.1, -0.05) is 19.1 Å². The smallest absolute Gasteiger partial charge is 0.0460 e. The second-order valence-electron chi connectivity index (χ2n) is 3.90. The zero-order valence-corrected chi connectivity index (χ0v) is 9.97. The number of thiophene rings is 1. The fraction of sp³-hybridized carbons (Fsp3) is 0.143. The van der Waals surface area contributed by atoms with Gasteiger partial charge in [-0.25, -0.2) is 0 Å². The van der Waals surface area contributed by atoms with E-state index in [1.807, 2.05) is 17.5 Å². The summed E-state index contributed by atoms with van der Waals surface area (Å²) in [7, 11) is 0. The van der Waals surface area contributed by atoms with Crippen molar-refractivity contribution in [1.82, 2.24) is 4.98 Å². The molecule has 0 bridgehead atoms. The number of aryl methyl sites for hydroxylation is 1. The Morgan fingerprint density at radius 2 is 2.06 bits per heavy atom. The molecule has 0 aliphatic rings. The van der Waals surface area contributed by atoms with Gasteiger partial charge in [-0.05, 0) is 41.6 Å². The van der Waals surface area contributed by atoms with E-state index in [9.17, 15) is 0 Å². The van der Waals surface area contributed by atoms with E-state index in [1.54, 1.807) is 0 Å². The van der Waals surface area contributed by atoms with E-state index in [2.05, 4.69) is 48.3 Å². The highest BCUT2D eigenvalue weighted by Gasteiger charge is 2.03. The lowest BCUT2D eigenvalue weighted by Gasteiger charge is -1.97. The molecule has 2 heterocycles. The molecule has 0 atom stereocenters. The molecule has 2 aromatic heterocycles. The molecule has 16 heavy (non-hydrogen) atoms. The third-order valence-corrected chi connectivity index (χ3v) is 4.13. The molecule has 0 fully saturated rings. The summed E-state index contributed by atoms with van der Waals surface area (Å²) in [6.45, 7) is 2.20.